The number of nitrogens with zero attached hydrogens (tertiary/aromatic N) is 7. The van der Waals surface area contributed by atoms with Crippen LogP contribution in [-0.4, -0.2) is 66.3 Å². The van der Waals surface area contributed by atoms with Crippen LogP contribution in [0.3, 0.4) is 0 Å². The number of hydrogen-bond donors (Lipinski definition) is 2. The number of carbonyl (C=O) groups is 2. The van der Waals surface area contributed by atoms with Crippen LogP contribution in [0.15, 0.2) is 82.6 Å². The average molecular weight is 728 g/mol. The second-order valence-corrected chi connectivity index (χ2v) is 13.1. The van der Waals surface area contributed by atoms with E-state index in [2.05, 4.69) is 36.0 Å². The Morgan fingerprint density at radius 1 is 0.796 bits per heavy atom. The second kappa shape index (κ2) is 18.5. The zero-order valence-corrected chi connectivity index (χ0v) is 31.1. The van der Waals surface area contributed by atoms with Crippen LogP contribution in [0.5, 0.6) is 0 Å². The third kappa shape index (κ3) is 9.77. The maximum atomic E-state index is 12.6. The molecule has 4 aromatic heterocycles. The van der Waals surface area contributed by atoms with E-state index >= 15 is 0 Å². The van der Waals surface area contributed by atoms with E-state index in [-0.39, 0.29) is 35.8 Å². The van der Waals surface area contributed by atoms with Gasteiger partial charge in [0.05, 0.1) is 11.6 Å². The van der Waals surface area contributed by atoms with Crippen molar-refractivity contribution in [2.24, 2.45) is 0 Å². The predicted molar refractivity (Wildman–Crippen MR) is 207 cm³/mol. The van der Waals surface area contributed by atoms with E-state index in [0.717, 1.165) is 19.4 Å². The lowest BCUT2D eigenvalue weighted by atomic mass is 10.1. The van der Waals surface area contributed by atoms with Gasteiger partial charge in [-0.3, -0.25) is 29.1 Å². The van der Waals surface area contributed by atoms with Gasteiger partial charge in [0, 0.05) is 73.1 Å². The van der Waals surface area contributed by atoms with Crippen molar-refractivity contribution in [1.29, 1.82) is 5.26 Å². The van der Waals surface area contributed by atoms with Crippen LogP contribution in [0.4, 0.5) is 5.69 Å². The number of aromatic nitrogens is 6. The van der Waals surface area contributed by atoms with Crippen LogP contribution in [0.2, 0.25) is 0 Å². The minimum absolute atomic E-state index is 0.131. The number of nitrogens with one attached hydrogen (secondary N) is 2. The molecule has 0 radical (unpaired) electrons. The number of anilines is 1. The third-order valence-corrected chi connectivity index (χ3v) is 9.60. The molecule has 4 heterocycles. The molecule has 2 amide bonds. The standard InChI is InChI=1S/C21H19N5O2.C20H26N4O2/c1-14-17(21(28)25-20(24-14)18-8-3-4-11-23-18)9-10-19(27)26(2)16-7-5-6-15(12-16)13-22;1-3-24(15-8-4-5-9-15)18(25)12-11-16-14(2)22-19(23-20(16)26)17-10-6-7-13-21-17/h3-8,11-12H,9-10H2,1-2H3,(H,24,25,28);6-7,10,13,15H,3-5,8-9,11-12H2,1-2H3,(H,22,23,26). The van der Waals surface area contributed by atoms with Gasteiger partial charge in [-0.1, -0.05) is 31.0 Å². The number of aryl methyl sites for hydroxylation is 2. The van der Waals surface area contributed by atoms with Crippen molar-refractivity contribution in [2.45, 2.75) is 78.2 Å². The Bertz CT molecular complexity index is 2220. The highest BCUT2D eigenvalue weighted by Crippen LogP contribution is 2.24. The Balaban J connectivity index is 0.000000208. The first-order chi connectivity index (χ1) is 26.1. The molecule has 0 bridgehead atoms. The van der Waals surface area contributed by atoms with Gasteiger partial charge in [0.15, 0.2) is 11.6 Å². The number of amides is 2. The van der Waals surface area contributed by atoms with Crippen LogP contribution < -0.4 is 16.0 Å². The van der Waals surface area contributed by atoms with Crippen molar-refractivity contribution >= 4 is 17.5 Å². The summed E-state index contributed by atoms with van der Waals surface area (Å²) in [5, 5.41) is 9.00. The summed E-state index contributed by atoms with van der Waals surface area (Å²) in [5.74, 6) is 0.850. The van der Waals surface area contributed by atoms with Crippen LogP contribution >= 0.6 is 0 Å². The lowest BCUT2D eigenvalue weighted by molar-refractivity contribution is -0.133. The van der Waals surface area contributed by atoms with Crippen molar-refractivity contribution in [1.82, 2.24) is 34.8 Å². The lowest BCUT2D eigenvalue weighted by Gasteiger charge is -2.27. The summed E-state index contributed by atoms with van der Waals surface area (Å²) in [6, 6.07) is 20.1. The molecule has 13 heteroatoms. The summed E-state index contributed by atoms with van der Waals surface area (Å²) in [7, 11) is 1.65. The molecule has 0 aliphatic heterocycles. The predicted octanol–water partition coefficient (Wildman–Crippen LogP) is 5.47. The summed E-state index contributed by atoms with van der Waals surface area (Å²) in [5.41, 5.74) is 4.18. The fourth-order valence-electron chi connectivity index (χ4n) is 6.62. The minimum atomic E-state index is -0.268. The fraction of sp³-hybridized carbons (Fsp3) is 0.341. The number of hydrogen-bond acceptors (Lipinski definition) is 9. The monoisotopic (exact) mass is 727 g/mol. The summed E-state index contributed by atoms with van der Waals surface area (Å²) < 4.78 is 0. The van der Waals surface area contributed by atoms with Crippen LogP contribution in [0, 0.1) is 25.2 Å². The van der Waals surface area contributed by atoms with Crippen molar-refractivity contribution < 1.29 is 9.59 Å². The molecule has 1 aliphatic rings. The van der Waals surface area contributed by atoms with Gasteiger partial charge < -0.3 is 19.8 Å². The van der Waals surface area contributed by atoms with Gasteiger partial charge in [-0.05, 0) is 88.9 Å². The van der Waals surface area contributed by atoms with Crippen LogP contribution in [0.1, 0.15) is 73.5 Å². The van der Waals surface area contributed by atoms with Crippen LogP contribution in [0.25, 0.3) is 23.0 Å². The summed E-state index contributed by atoms with van der Waals surface area (Å²) in [6.45, 7) is 6.32. The number of pyridine rings is 2. The number of nitriles is 1. The Hall–Kier alpha value is -6.29. The van der Waals surface area contributed by atoms with Gasteiger partial charge in [-0.15, -0.1) is 0 Å². The van der Waals surface area contributed by atoms with E-state index in [1.165, 1.54) is 17.7 Å². The third-order valence-electron chi connectivity index (χ3n) is 9.60. The van der Waals surface area contributed by atoms with Gasteiger partial charge >= 0.3 is 0 Å². The highest BCUT2D eigenvalue weighted by Gasteiger charge is 2.25. The first-order valence-electron chi connectivity index (χ1n) is 18.2. The van der Waals surface area contributed by atoms with Gasteiger partial charge in [0.25, 0.3) is 11.1 Å². The van der Waals surface area contributed by atoms with Gasteiger partial charge in [0.1, 0.15) is 11.4 Å². The first kappa shape index (κ1) is 38.9. The second-order valence-electron chi connectivity index (χ2n) is 13.1. The average Bonchev–Trinajstić information content (AvgIpc) is 3.72. The number of H-pyrrole nitrogens is 2. The van der Waals surface area contributed by atoms with Crippen molar-refractivity contribution in [2.75, 3.05) is 18.5 Å². The molecule has 13 nitrogen and oxygen atoms in total. The number of rotatable bonds is 11. The molecular weight excluding hydrogens is 683 g/mol. The van der Waals surface area contributed by atoms with E-state index in [1.54, 1.807) is 62.8 Å². The maximum absolute atomic E-state index is 12.6. The number of carbonyl (C=O) groups excluding carboxylic acids is 2. The van der Waals surface area contributed by atoms with E-state index in [1.807, 2.05) is 43.0 Å². The van der Waals surface area contributed by atoms with E-state index in [9.17, 15) is 19.2 Å². The van der Waals surface area contributed by atoms with Crippen molar-refractivity contribution in [3.63, 3.8) is 0 Å². The van der Waals surface area contributed by atoms with Gasteiger partial charge in [0.2, 0.25) is 11.8 Å². The van der Waals surface area contributed by atoms with Gasteiger partial charge in [-0.2, -0.15) is 5.26 Å². The molecule has 0 spiro atoms. The van der Waals surface area contributed by atoms with Crippen molar-refractivity contribution in [3.8, 4) is 29.1 Å². The Labute approximate surface area is 314 Å². The lowest BCUT2D eigenvalue weighted by Crippen LogP contribution is -2.39. The Morgan fingerprint density at radius 2 is 1.33 bits per heavy atom. The molecule has 2 N–H and O–H groups in total. The molecule has 0 saturated heterocycles. The number of aromatic amines is 2. The normalized spacial score (nSPS) is 12.4. The highest BCUT2D eigenvalue weighted by atomic mass is 16.2. The fourth-order valence-corrected chi connectivity index (χ4v) is 6.62. The molecule has 1 fully saturated rings. The zero-order chi connectivity index (χ0) is 38.6. The maximum Gasteiger partial charge on any atom is 0.254 e. The Kier molecular flexibility index (Phi) is 13.3. The quantitative estimate of drug-likeness (QED) is 0.178. The number of benzene rings is 1. The van der Waals surface area contributed by atoms with Crippen LogP contribution in [-0.2, 0) is 22.4 Å². The van der Waals surface area contributed by atoms with E-state index < -0.39 is 0 Å². The zero-order valence-electron chi connectivity index (χ0n) is 31.1. The molecule has 0 unspecified atom stereocenters. The van der Waals surface area contributed by atoms with E-state index in [4.69, 9.17) is 5.26 Å². The molecule has 1 saturated carbocycles. The summed E-state index contributed by atoms with van der Waals surface area (Å²) in [4.78, 5) is 76.5. The smallest absolute Gasteiger partial charge is 0.254 e. The minimum Gasteiger partial charge on any atom is -0.340 e. The molecular formula is C41H45N9O4. The SMILES string of the molecule is CCN(C(=O)CCc1c(C)nc(-c2ccccn2)[nH]c1=O)C1CCCC1.Cc1nc(-c2ccccn2)[nH]c(=O)c1CCC(=O)N(C)c1cccc(C#N)c1. The summed E-state index contributed by atoms with van der Waals surface area (Å²) >= 11 is 0. The first-order valence-corrected chi connectivity index (χ1v) is 18.2. The topological polar surface area (TPSA) is 182 Å². The molecule has 6 rings (SSSR count). The van der Waals surface area contributed by atoms with Crippen molar-refractivity contribution in [3.05, 3.63) is 122 Å². The molecule has 5 aromatic rings. The summed E-state index contributed by atoms with van der Waals surface area (Å²) in [6.07, 6.45) is 9.09. The molecule has 0 atom stereocenters. The molecule has 1 aliphatic carbocycles. The van der Waals surface area contributed by atoms with Gasteiger partial charge in [-0.25, -0.2) is 9.97 Å². The van der Waals surface area contributed by atoms with E-state index in [0.29, 0.717) is 75.7 Å². The largest absolute Gasteiger partial charge is 0.340 e. The Morgan fingerprint density at radius 3 is 1.80 bits per heavy atom. The highest BCUT2D eigenvalue weighted by molar-refractivity contribution is 5.93. The molecule has 1 aromatic carbocycles. The molecule has 54 heavy (non-hydrogen) atoms. The molecule has 278 valence electrons.